The highest BCUT2D eigenvalue weighted by Crippen LogP contribution is 2.14. The Labute approximate surface area is 128 Å². The zero-order valence-electron chi connectivity index (χ0n) is 13.5. The van der Waals surface area contributed by atoms with Crippen LogP contribution in [0.1, 0.15) is 27.9 Å². The number of nitrogens with one attached hydrogen (secondary N) is 1. The van der Waals surface area contributed by atoms with E-state index in [0.29, 0.717) is 18.2 Å². The second-order valence-electron chi connectivity index (χ2n) is 5.03. The van der Waals surface area contributed by atoms with Gasteiger partial charge in [0.15, 0.2) is 0 Å². The second kappa shape index (κ2) is 8.28. The molecule has 0 radical (unpaired) electrons. The number of benzene rings is 1. The van der Waals surface area contributed by atoms with Crippen molar-refractivity contribution in [2.75, 3.05) is 27.9 Å². The number of carbonyl (C=O) groups excluding carboxylic acids is 1. The smallest absolute Gasteiger partial charge is 0.377 e. The van der Waals surface area contributed by atoms with Gasteiger partial charge >= 0.3 is 8.80 Å². The Morgan fingerprint density at radius 2 is 1.57 bits per heavy atom. The number of aryl methyl sites for hydroxylation is 2. The van der Waals surface area contributed by atoms with Crippen LogP contribution in [0, 0.1) is 13.8 Å². The Balaban J connectivity index is 2.47. The standard InChI is InChI=1S/C15H25NO4Si/c1-12-9-13(2)11-14(10-12)15(17)16-7-6-8-21(18-3,19-4)20-5/h9-11H,6-8H2,1-5H3,(H,16,17). The number of carbonyl (C=O) groups is 1. The highest BCUT2D eigenvalue weighted by atomic mass is 28.4. The van der Waals surface area contributed by atoms with E-state index >= 15 is 0 Å². The summed E-state index contributed by atoms with van der Waals surface area (Å²) in [5.41, 5.74) is 2.87. The summed E-state index contributed by atoms with van der Waals surface area (Å²) in [6.45, 7) is 4.54. The molecule has 0 fully saturated rings. The Morgan fingerprint density at radius 3 is 2.05 bits per heavy atom. The summed E-state index contributed by atoms with van der Waals surface area (Å²) in [5, 5.41) is 2.91. The molecule has 5 nitrogen and oxygen atoms in total. The van der Waals surface area contributed by atoms with E-state index in [0.717, 1.165) is 17.5 Å². The van der Waals surface area contributed by atoms with Gasteiger partial charge in [-0.05, 0) is 32.4 Å². The Bertz CT molecular complexity index is 446. The van der Waals surface area contributed by atoms with E-state index in [1.165, 1.54) is 0 Å². The lowest BCUT2D eigenvalue weighted by atomic mass is 10.1. The van der Waals surface area contributed by atoms with Crippen LogP contribution in [-0.4, -0.2) is 42.6 Å². The maximum absolute atomic E-state index is 12.1. The van der Waals surface area contributed by atoms with E-state index in [1.54, 1.807) is 21.3 Å². The molecule has 0 saturated carbocycles. The molecule has 0 aliphatic rings. The number of amides is 1. The van der Waals surface area contributed by atoms with Gasteiger partial charge in [0.05, 0.1) is 0 Å². The van der Waals surface area contributed by atoms with Gasteiger partial charge in [0.25, 0.3) is 5.91 Å². The van der Waals surface area contributed by atoms with Crippen molar-refractivity contribution in [1.29, 1.82) is 0 Å². The molecule has 1 aromatic carbocycles. The van der Waals surface area contributed by atoms with Crippen molar-refractivity contribution in [2.45, 2.75) is 26.3 Å². The second-order valence-corrected chi connectivity index (χ2v) is 8.12. The third kappa shape index (κ3) is 5.24. The first-order chi connectivity index (χ1) is 9.96. The van der Waals surface area contributed by atoms with Gasteiger partial charge in [0.2, 0.25) is 0 Å². The third-order valence-corrected chi connectivity index (χ3v) is 6.19. The minimum Gasteiger partial charge on any atom is -0.377 e. The maximum Gasteiger partial charge on any atom is 0.500 e. The highest BCUT2D eigenvalue weighted by molar-refractivity contribution is 6.60. The fraction of sp³-hybridized carbons (Fsp3) is 0.533. The van der Waals surface area contributed by atoms with Crippen LogP contribution in [0.25, 0.3) is 0 Å². The molecule has 1 aromatic rings. The summed E-state index contributed by atoms with van der Waals surface area (Å²) < 4.78 is 16.0. The van der Waals surface area contributed by atoms with Crippen molar-refractivity contribution in [3.8, 4) is 0 Å². The lowest BCUT2D eigenvalue weighted by Crippen LogP contribution is -2.43. The van der Waals surface area contributed by atoms with E-state index < -0.39 is 8.80 Å². The Kier molecular flexibility index (Phi) is 7.04. The van der Waals surface area contributed by atoms with Crippen LogP contribution in [0.15, 0.2) is 18.2 Å². The third-order valence-electron chi connectivity index (χ3n) is 3.36. The number of hydrogen-bond acceptors (Lipinski definition) is 4. The SMILES string of the molecule is CO[Si](CCCNC(=O)c1cc(C)cc(C)c1)(OC)OC. The molecule has 0 saturated heterocycles. The summed E-state index contributed by atoms with van der Waals surface area (Å²) in [7, 11) is 2.23. The largest absolute Gasteiger partial charge is 0.500 e. The van der Waals surface area contributed by atoms with Crippen LogP contribution in [-0.2, 0) is 13.3 Å². The van der Waals surface area contributed by atoms with E-state index in [2.05, 4.69) is 5.32 Å². The molecule has 1 N–H and O–H groups in total. The van der Waals surface area contributed by atoms with Crippen molar-refractivity contribution in [3.63, 3.8) is 0 Å². The van der Waals surface area contributed by atoms with Crippen molar-refractivity contribution in [2.24, 2.45) is 0 Å². The molecular weight excluding hydrogens is 286 g/mol. The maximum atomic E-state index is 12.1. The van der Waals surface area contributed by atoms with E-state index in [4.69, 9.17) is 13.3 Å². The van der Waals surface area contributed by atoms with Crippen molar-refractivity contribution < 1.29 is 18.1 Å². The van der Waals surface area contributed by atoms with Gasteiger partial charge in [-0.2, -0.15) is 0 Å². The molecule has 0 bridgehead atoms. The zero-order valence-corrected chi connectivity index (χ0v) is 14.5. The predicted octanol–water partition coefficient (Wildman–Crippen LogP) is 2.30. The predicted molar refractivity (Wildman–Crippen MR) is 84.5 cm³/mol. The summed E-state index contributed by atoms with van der Waals surface area (Å²) in [5.74, 6) is -0.0543. The fourth-order valence-electron chi connectivity index (χ4n) is 2.27. The average molecular weight is 311 g/mol. The highest BCUT2D eigenvalue weighted by Gasteiger charge is 2.36. The molecule has 0 aliphatic carbocycles. The first-order valence-electron chi connectivity index (χ1n) is 6.98. The van der Waals surface area contributed by atoms with Crippen molar-refractivity contribution in [3.05, 3.63) is 34.9 Å². The van der Waals surface area contributed by atoms with Crippen LogP contribution in [0.5, 0.6) is 0 Å². The molecule has 0 aliphatic heterocycles. The monoisotopic (exact) mass is 311 g/mol. The quantitative estimate of drug-likeness (QED) is 0.591. The molecule has 1 amide bonds. The molecule has 0 spiro atoms. The summed E-state index contributed by atoms with van der Waals surface area (Å²) >= 11 is 0. The molecule has 0 unspecified atom stereocenters. The first kappa shape index (κ1) is 17.8. The fourth-order valence-corrected chi connectivity index (χ4v) is 3.99. The first-order valence-corrected chi connectivity index (χ1v) is 8.91. The van der Waals surface area contributed by atoms with Gasteiger partial charge in [-0.25, -0.2) is 0 Å². The summed E-state index contributed by atoms with van der Waals surface area (Å²) in [4.78, 5) is 12.1. The van der Waals surface area contributed by atoms with Crippen LogP contribution < -0.4 is 5.32 Å². The van der Waals surface area contributed by atoms with Crippen molar-refractivity contribution in [1.82, 2.24) is 5.32 Å². The van der Waals surface area contributed by atoms with Crippen LogP contribution in [0.2, 0.25) is 6.04 Å². The zero-order chi connectivity index (χ0) is 15.9. The topological polar surface area (TPSA) is 56.8 Å². The number of rotatable bonds is 8. The van der Waals surface area contributed by atoms with Gasteiger partial charge in [-0.3, -0.25) is 4.79 Å². The van der Waals surface area contributed by atoms with Crippen LogP contribution in [0.3, 0.4) is 0 Å². The van der Waals surface area contributed by atoms with Gasteiger partial charge in [-0.15, -0.1) is 0 Å². The normalized spacial score (nSPS) is 11.5. The minimum atomic E-state index is -2.54. The number of hydrogen-bond donors (Lipinski definition) is 1. The summed E-state index contributed by atoms with van der Waals surface area (Å²) in [6, 6.07) is 6.50. The lowest BCUT2D eigenvalue weighted by Gasteiger charge is -2.24. The van der Waals surface area contributed by atoms with E-state index in [9.17, 15) is 4.79 Å². The van der Waals surface area contributed by atoms with Crippen molar-refractivity contribution >= 4 is 14.7 Å². The molecule has 0 heterocycles. The molecule has 6 heteroatoms. The van der Waals surface area contributed by atoms with Crippen LogP contribution >= 0.6 is 0 Å². The minimum absolute atomic E-state index is 0.0543. The molecule has 21 heavy (non-hydrogen) atoms. The summed E-state index contributed by atoms with van der Waals surface area (Å²) in [6.07, 6.45) is 0.748. The molecule has 0 aromatic heterocycles. The lowest BCUT2D eigenvalue weighted by molar-refractivity contribution is 0.0949. The van der Waals surface area contributed by atoms with Gasteiger partial charge in [-0.1, -0.05) is 17.2 Å². The van der Waals surface area contributed by atoms with Crippen LogP contribution in [0.4, 0.5) is 0 Å². The molecule has 1 rings (SSSR count). The molecular formula is C15H25NO4Si. The van der Waals surface area contributed by atoms with E-state index in [-0.39, 0.29) is 5.91 Å². The van der Waals surface area contributed by atoms with E-state index in [1.807, 2.05) is 32.0 Å². The average Bonchev–Trinajstić information content (AvgIpc) is 2.47. The van der Waals surface area contributed by atoms with Gasteiger partial charge in [0.1, 0.15) is 0 Å². The van der Waals surface area contributed by atoms with Gasteiger partial charge in [0, 0.05) is 39.5 Å². The molecule has 0 atom stereocenters. The molecule has 118 valence electrons. The Morgan fingerprint density at radius 1 is 1.05 bits per heavy atom. The van der Waals surface area contributed by atoms with Gasteiger partial charge < -0.3 is 18.6 Å². The Hall–Kier alpha value is -1.21.